The molecule has 3 aromatic carbocycles. The Kier molecular flexibility index (Phi) is 5.70. The Morgan fingerprint density at radius 3 is 2.39 bits per heavy atom. The standard InChI is InChI=1S/C22H19ClN2O5S/c1-14-2-11-21-19(12-14)22(15-3-5-16(23)6-4-15)20(13-30-21)24-31(28,29)18-9-7-17(8-10-18)25(26)27/h2-12,20,22,24H,13H2,1H3/t20-,22-/m1/s1. The van der Waals surface area contributed by atoms with Crippen molar-refractivity contribution in [1.82, 2.24) is 4.72 Å². The van der Waals surface area contributed by atoms with E-state index in [1.807, 2.05) is 37.3 Å². The van der Waals surface area contributed by atoms with Crippen molar-refractivity contribution in [3.8, 4) is 5.75 Å². The lowest BCUT2D eigenvalue weighted by Gasteiger charge is -2.34. The van der Waals surface area contributed by atoms with Crippen LogP contribution in [0.2, 0.25) is 5.02 Å². The minimum absolute atomic E-state index is 0.0528. The molecule has 0 saturated heterocycles. The van der Waals surface area contributed by atoms with Crippen molar-refractivity contribution in [1.29, 1.82) is 0 Å². The molecule has 0 unspecified atom stereocenters. The average Bonchev–Trinajstić information content (AvgIpc) is 2.74. The van der Waals surface area contributed by atoms with Crippen molar-refractivity contribution in [2.75, 3.05) is 6.61 Å². The molecule has 0 radical (unpaired) electrons. The zero-order valence-corrected chi connectivity index (χ0v) is 18.1. The molecule has 0 fully saturated rings. The van der Waals surface area contributed by atoms with E-state index in [1.54, 1.807) is 12.1 Å². The van der Waals surface area contributed by atoms with Gasteiger partial charge >= 0.3 is 0 Å². The SMILES string of the molecule is Cc1ccc2c(c1)[C@@H](c1ccc(Cl)cc1)[C@H](NS(=O)(=O)c1ccc([N+](=O)[O-])cc1)CO2. The van der Waals surface area contributed by atoms with Crippen molar-refractivity contribution in [3.63, 3.8) is 0 Å². The second-order valence-corrected chi connectivity index (χ2v) is 9.51. The Hall–Kier alpha value is -2.94. The van der Waals surface area contributed by atoms with E-state index in [0.717, 1.165) is 16.7 Å². The molecule has 0 amide bonds. The largest absolute Gasteiger partial charge is 0.492 e. The maximum atomic E-state index is 13.0. The number of sulfonamides is 1. The van der Waals surface area contributed by atoms with Gasteiger partial charge in [-0.3, -0.25) is 10.1 Å². The first-order chi connectivity index (χ1) is 14.7. The first-order valence-electron chi connectivity index (χ1n) is 9.50. The number of nitro groups is 1. The number of rotatable bonds is 5. The Morgan fingerprint density at radius 1 is 1.06 bits per heavy atom. The van der Waals surface area contributed by atoms with E-state index < -0.39 is 21.0 Å². The lowest BCUT2D eigenvalue weighted by Crippen LogP contribution is -2.45. The fraction of sp³-hybridized carbons (Fsp3) is 0.182. The van der Waals surface area contributed by atoms with Gasteiger partial charge in [-0.05, 0) is 42.8 Å². The van der Waals surface area contributed by atoms with Crippen LogP contribution >= 0.6 is 11.6 Å². The predicted octanol–water partition coefficient (Wildman–Crippen LogP) is 4.43. The monoisotopic (exact) mass is 458 g/mol. The van der Waals surface area contributed by atoms with Crippen LogP contribution < -0.4 is 9.46 Å². The molecule has 1 heterocycles. The molecule has 0 bridgehead atoms. The van der Waals surface area contributed by atoms with Gasteiger partial charge in [0.2, 0.25) is 10.0 Å². The van der Waals surface area contributed by atoms with Gasteiger partial charge < -0.3 is 4.74 Å². The molecule has 1 aliphatic rings. The van der Waals surface area contributed by atoms with E-state index in [0.29, 0.717) is 10.8 Å². The summed E-state index contributed by atoms with van der Waals surface area (Å²) in [5.74, 6) is 0.407. The maximum absolute atomic E-state index is 13.0. The lowest BCUT2D eigenvalue weighted by molar-refractivity contribution is -0.384. The molecule has 3 aromatic rings. The van der Waals surface area contributed by atoms with Gasteiger partial charge in [-0.25, -0.2) is 13.1 Å². The molecular formula is C22H19ClN2O5S. The van der Waals surface area contributed by atoms with Crippen molar-refractivity contribution in [2.24, 2.45) is 0 Å². The molecule has 9 heteroatoms. The summed E-state index contributed by atoms with van der Waals surface area (Å²) < 4.78 is 34.7. The highest BCUT2D eigenvalue weighted by Gasteiger charge is 2.35. The number of hydrogen-bond donors (Lipinski definition) is 1. The second-order valence-electron chi connectivity index (χ2n) is 7.36. The van der Waals surface area contributed by atoms with Crippen LogP contribution in [0.1, 0.15) is 22.6 Å². The van der Waals surface area contributed by atoms with Crippen LogP contribution in [0.15, 0.2) is 71.6 Å². The normalized spacial score (nSPS) is 18.1. The summed E-state index contributed by atoms with van der Waals surface area (Å²) in [7, 11) is -3.94. The van der Waals surface area contributed by atoms with Crippen LogP contribution in [0.5, 0.6) is 5.75 Å². The van der Waals surface area contributed by atoms with Crippen molar-refractivity contribution < 1.29 is 18.1 Å². The molecule has 1 aliphatic heterocycles. The third kappa shape index (κ3) is 4.41. The molecule has 1 N–H and O–H groups in total. The van der Waals surface area contributed by atoms with E-state index in [1.165, 1.54) is 24.3 Å². The van der Waals surface area contributed by atoms with Crippen LogP contribution in [0.3, 0.4) is 0 Å². The first kappa shape index (κ1) is 21.3. The molecule has 2 atom stereocenters. The van der Waals surface area contributed by atoms with E-state index in [4.69, 9.17) is 16.3 Å². The van der Waals surface area contributed by atoms with Crippen LogP contribution in [0.4, 0.5) is 5.69 Å². The summed E-state index contributed by atoms with van der Waals surface area (Å²) >= 11 is 6.05. The third-order valence-corrected chi connectivity index (χ3v) is 6.97. The molecule has 7 nitrogen and oxygen atoms in total. The van der Waals surface area contributed by atoms with Gasteiger partial charge in [0.15, 0.2) is 0 Å². The fourth-order valence-corrected chi connectivity index (χ4v) is 5.09. The fourth-order valence-electron chi connectivity index (χ4n) is 3.73. The zero-order valence-electron chi connectivity index (χ0n) is 16.5. The van der Waals surface area contributed by atoms with Crippen LogP contribution in [-0.2, 0) is 10.0 Å². The number of halogens is 1. The Balaban J connectivity index is 1.72. The summed E-state index contributed by atoms with van der Waals surface area (Å²) in [6.45, 7) is 2.10. The van der Waals surface area contributed by atoms with E-state index in [-0.39, 0.29) is 23.1 Å². The highest BCUT2D eigenvalue weighted by molar-refractivity contribution is 7.89. The number of aryl methyl sites for hydroxylation is 1. The second kappa shape index (κ2) is 8.30. The number of nitrogens with zero attached hydrogens (tertiary/aromatic N) is 1. The summed E-state index contributed by atoms with van der Waals surface area (Å²) in [6.07, 6.45) is 0. The molecule has 31 heavy (non-hydrogen) atoms. The minimum Gasteiger partial charge on any atom is -0.492 e. The van der Waals surface area contributed by atoms with Crippen LogP contribution in [-0.4, -0.2) is 26.0 Å². The average molecular weight is 459 g/mol. The molecule has 0 spiro atoms. The summed E-state index contributed by atoms with van der Waals surface area (Å²) in [6, 6.07) is 17.3. The van der Waals surface area contributed by atoms with Gasteiger partial charge in [-0.1, -0.05) is 41.4 Å². The minimum atomic E-state index is -3.94. The molecule has 4 rings (SSSR count). The highest BCUT2D eigenvalue weighted by atomic mass is 35.5. The zero-order chi connectivity index (χ0) is 22.2. The number of non-ortho nitro benzene ring substituents is 1. The quantitative estimate of drug-likeness (QED) is 0.450. The number of fused-ring (bicyclic) bond motifs is 1. The summed E-state index contributed by atoms with van der Waals surface area (Å²) in [5, 5.41) is 11.4. The number of nitro benzene ring substituents is 1. The van der Waals surface area contributed by atoms with E-state index >= 15 is 0 Å². The molecule has 0 saturated carbocycles. The lowest BCUT2D eigenvalue weighted by atomic mass is 9.83. The van der Waals surface area contributed by atoms with Crippen LogP contribution in [0.25, 0.3) is 0 Å². The number of ether oxygens (including phenoxy) is 1. The van der Waals surface area contributed by atoms with Crippen LogP contribution in [0, 0.1) is 17.0 Å². The van der Waals surface area contributed by atoms with Gasteiger partial charge in [0, 0.05) is 28.6 Å². The van der Waals surface area contributed by atoms with E-state index in [2.05, 4.69) is 4.72 Å². The smallest absolute Gasteiger partial charge is 0.269 e. The van der Waals surface area contributed by atoms with Gasteiger partial charge in [-0.2, -0.15) is 0 Å². The van der Waals surface area contributed by atoms with Crippen molar-refractivity contribution >= 4 is 27.3 Å². The van der Waals surface area contributed by atoms with Crippen molar-refractivity contribution in [2.45, 2.75) is 23.8 Å². The number of nitrogens with one attached hydrogen (secondary N) is 1. The third-order valence-electron chi connectivity index (χ3n) is 5.21. The predicted molar refractivity (Wildman–Crippen MR) is 117 cm³/mol. The van der Waals surface area contributed by atoms with Crippen molar-refractivity contribution in [3.05, 3.63) is 98.6 Å². The number of hydrogen-bond acceptors (Lipinski definition) is 5. The first-order valence-corrected chi connectivity index (χ1v) is 11.4. The Morgan fingerprint density at radius 2 is 1.74 bits per heavy atom. The topological polar surface area (TPSA) is 98.5 Å². The summed E-state index contributed by atoms with van der Waals surface area (Å²) in [5.41, 5.74) is 2.63. The molecule has 160 valence electrons. The van der Waals surface area contributed by atoms with E-state index in [9.17, 15) is 18.5 Å². The molecule has 0 aromatic heterocycles. The Labute approximate surface area is 184 Å². The molecule has 0 aliphatic carbocycles. The Bertz CT molecular complexity index is 1230. The number of benzene rings is 3. The molecular weight excluding hydrogens is 440 g/mol. The maximum Gasteiger partial charge on any atom is 0.269 e. The van der Waals surface area contributed by atoms with Gasteiger partial charge in [-0.15, -0.1) is 0 Å². The van der Waals surface area contributed by atoms with Gasteiger partial charge in [0.1, 0.15) is 12.4 Å². The highest BCUT2D eigenvalue weighted by Crippen LogP contribution is 2.39. The van der Waals surface area contributed by atoms with Gasteiger partial charge in [0.25, 0.3) is 5.69 Å². The summed E-state index contributed by atoms with van der Waals surface area (Å²) in [4.78, 5) is 10.2. The van der Waals surface area contributed by atoms with Gasteiger partial charge in [0.05, 0.1) is 15.9 Å².